The Labute approximate surface area is 164 Å². The van der Waals surface area contributed by atoms with Gasteiger partial charge in [0.2, 0.25) is 0 Å². The van der Waals surface area contributed by atoms with Crippen molar-refractivity contribution in [2.24, 2.45) is 0 Å². The van der Waals surface area contributed by atoms with Crippen molar-refractivity contribution in [2.75, 3.05) is 12.4 Å². The number of hydrogen-bond donors (Lipinski definition) is 0. The lowest BCUT2D eigenvalue weighted by Crippen LogP contribution is -2.45. The minimum atomic E-state index is -3.56. The number of benzene rings is 1. The summed E-state index contributed by atoms with van der Waals surface area (Å²) in [5, 5.41) is -0.0867. The van der Waals surface area contributed by atoms with Crippen LogP contribution in [0.1, 0.15) is 33.3 Å². The van der Waals surface area contributed by atoms with Crippen LogP contribution in [-0.4, -0.2) is 41.2 Å². The highest BCUT2D eigenvalue weighted by molar-refractivity contribution is 7.91. The second-order valence-corrected chi connectivity index (χ2v) is 14.9. The molecule has 0 unspecified atom stereocenters. The number of carbonyl (C=O) groups is 1. The van der Waals surface area contributed by atoms with Crippen LogP contribution in [0.2, 0.25) is 18.1 Å². The maximum absolute atomic E-state index is 12.8. The van der Waals surface area contributed by atoms with Gasteiger partial charge in [-0.2, -0.15) is 0 Å². The van der Waals surface area contributed by atoms with Gasteiger partial charge in [0.05, 0.1) is 23.4 Å². The lowest BCUT2D eigenvalue weighted by atomic mass is 10.2. The number of esters is 1. The molecule has 1 aromatic carbocycles. The molecular formula is C20H32O5SSi. The second kappa shape index (κ2) is 9.17. The molecule has 7 heteroatoms. The van der Waals surface area contributed by atoms with Crippen molar-refractivity contribution in [3.63, 3.8) is 0 Å². The summed E-state index contributed by atoms with van der Waals surface area (Å²) in [6, 6.07) is 6.74. The molecule has 0 bridgehead atoms. The van der Waals surface area contributed by atoms with E-state index in [2.05, 4.69) is 33.9 Å². The van der Waals surface area contributed by atoms with Gasteiger partial charge in [-0.1, -0.05) is 38.5 Å². The van der Waals surface area contributed by atoms with E-state index in [0.717, 1.165) is 5.56 Å². The first-order chi connectivity index (χ1) is 12.3. The monoisotopic (exact) mass is 412 g/mol. The number of rotatable bonds is 8. The topological polar surface area (TPSA) is 69.7 Å². The third-order valence-electron chi connectivity index (χ3n) is 4.75. The van der Waals surface area contributed by atoms with Gasteiger partial charge in [-0.05, 0) is 50.2 Å². The number of sulfone groups is 1. The molecule has 0 N–H and O–H groups in total. The predicted octanol–water partition coefficient (Wildman–Crippen LogP) is 4.28. The van der Waals surface area contributed by atoms with Crippen LogP contribution < -0.4 is 0 Å². The third-order valence-corrected chi connectivity index (χ3v) is 11.0. The van der Waals surface area contributed by atoms with E-state index in [4.69, 9.17) is 9.16 Å². The summed E-state index contributed by atoms with van der Waals surface area (Å²) in [6.45, 7) is 14.2. The smallest absolute Gasteiger partial charge is 0.330 e. The summed E-state index contributed by atoms with van der Waals surface area (Å²) in [6.07, 6.45) is 2.04. The second-order valence-electron chi connectivity index (χ2n) is 8.12. The fourth-order valence-corrected chi connectivity index (χ4v) is 4.87. The first-order valence-corrected chi connectivity index (χ1v) is 13.7. The largest absolute Gasteiger partial charge is 0.463 e. The van der Waals surface area contributed by atoms with Crippen molar-refractivity contribution in [1.29, 1.82) is 0 Å². The highest BCUT2D eigenvalue weighted by atomic mass is 32.2. The Morgan fingerprint density at radius 2 is 1.74 bits per heavy atom. The molecule has 0 radical (unpaired) electrons. The van der Waals surface area contributed by atoms with Crippen LogP contribution in [0.25, 0.3) is 0 Å². The van der Waals surface area contributed by atoms with Crippen molar-refractivity contribution < 1.29 is 22.4 Å². The summed E-state index contributed by atoms with van der Waals surface area (Å²) < 4.78 is 36.9. The zero-order chi connectivity index (χ0) is 20.9. The first kappa shape index (κ1) is 23.6. The van der Waals surface area contributed by atoms with Crippen LogP contribution in [0.15, 0.2) is 41.3 Å². The molecular weight excluding hydrogens is 380 g/mol. The quantitative estimate of drug-likeness (QED) is 0.362. The average Bonchev–Trinajstić information content (AvgIpc) is 2.51. The number of hydrogen-bond acceptors (Lipinski definition) is 5. The van der Waals surface area contributed by atoms with Gasteiger partial charge in [0, 0.05) is 6.08 Å². The molecule has 1 atom stereocenters. The van der Waals surface area contributed by atoms with E-state index >= 15 is 0 Å². The third kappa shape index (κ3) is 7.24. The number of carbonyl (C=O) groups excluding carboxylic acids is 1. The van der Waals surface area contributed by atoms with Crippen molar-refractivity contribution in [1.82, 2.24) is 0 Å². The number of ether oxygens (including phenoxy) is 1. The summed E-state index contributed by atoms with van der Waals surface area (Å²) in [7, 11) is -5.80. The Morgan fingerprint density at radius 3 is 2.22 bits per heavy atom. The molecule has 5 nitrogen and oxygen atoms in total. The normalized spacial score (nSPS) is 14.3. The SMILES string of the molecule is CCOC(=O)/C=C/[C@@H](CS(=O)(=O)c1ccc(C)cc1)O[Si](C)(C)C(C)(C)C. The standard InChI is InChI=1S/C20H32O5SSi/c1-8-24-19(21)14-11-17(25-27(6,7)20(3,4)5)15-26(22,23)18-12-9-16(2)10-13-18/h9-14,17H,8,15H2,1-7H3/b14-11+/t17-/m0/s1. The summed E-state index contributed by atoms with van der Waals surface area (Å²) in [4.78, 5) is 11.9. The van der Waals surface area contributed by atoms with E-state index in [1.807, 2.05) is 6.92 Å². The molecule has 0 spiro atoms. The fraction of sp³-hybridized carbons (Fsp3) is 0.550. The van der Waals surface area contributed by atoms with E-state index in [9.17, 15) is 13.2 Å². The summed E-state index contributed by atoms with van der Waals surface area (Å²) >= 11 is 0. The van der Waals surface area contributed by atoms with Gasteiger partial charge in [0.15, 0.2) is 18.2 Å². The minimum Gasteiger partial charge on any atom is -0.463 e. The Balaban J connectivity index is 3.13. The molecule has 0 aliphatic heterocycles. The van der Waals surface area contributed by atoms with Crippen molar-refractivity contribution in [3.8, 4) is 0 Å². The Kier molecular flexibility index (Phi) is 8.01. The first-order valence-electron chi connectivity index (χ1n) is 9.10. The van der Waals surface area contributed by atoms with Crippen LogP contribution in [0.3, 0.4) is 0 Å². The molecule has 1 aromatic rings. The Morgan fingerprint density at radius 1 is 1.19 bits per heavy atom. The van der Waals surface area contributed by atoms with E-state index < -0.39 is 30.2 Å². The van der Waals surface area contributed by atoms with Gasteiger partial charge in [-0.3, -0.25) is 0 Å². The van der Waals surface area contributed by atoms with Gasteiger partial charge >= 0.3 is 5.97 Å². The van der Waals surface area contributed by atoms with Crippen LogP contribution in [0.5, 0.6) is 0 Å². The predicted molar refractivity (Wildman–Crippen MR) is 111 cm³/mol. The van der Waals surface area contributed by atoms with Crippen LogP contribution in [-0.2, 0) is 23.8 Å². The van der Waals surface area contributed by atoms with Gasteiger partial charge in [-0.25, -0.2) is 13.2 Å². The molecule has 0 aliphatic rings. The lowest BCUT2D eigenvalue weighted by Gasteiger charge is -2.38. The highest BCUT2D eigenvalue weighted by Gasteiger charge is 2.39. The Bertz CT molecular complexity index is 759. The maximum Gasteiger partial charge on any atom is 0.330 e. The summed E-state index contributed by atoms with van der Waals surface area (Å²) in [5.41, 5.74) is 0.991. The van der Waals surface area contributed by atoms with E-state index in [1.54, 1.807) is 31.2 Å². The molecule has 0 fully saturated rings. The minimum absolute atomic E-state index is 0.0867. The molecule has 1 rings (SSSR count). The van der Waals surface area contributed by atoms with Gasteiger partial charge in [-0.15, -0.1) is 0 Å². The molecule has 0 saturated heterocycles. The molecule has 0 saturated carbocycles. The molecule has 27 heavy (non-hydrogen) atoms. The van der Waals surface area contributed by atoms with E-state index in [0.29, 0.717) is 0 Å². The van der Waals surface area contributed by atoms with Crippen molar-refractivity contribution in [3.05, 3.63) is 42.0 Å². The van der Waals surface area contributed by atoms with Crippen LogP contribution in [0, 0.1) is 6.92 Å². The van der Waals surface area contributed by atoms with Gasteiger partial charge in [0.25, 0.3) is 0 Å². The number of aryl methyl sites for hydroxylation is 1. The highest BCUT2D eigenvalue weighted by Crippen LogP contribution is 2.37. The lowest BCUT2D eigenvalue weighted by molar-refractivity contribution is -0.137. The fourth-order valence-electron chi connectivity index (χ4n) is 2.12. The van der Waals surface area contributed by atoms with Gasteiger partial charge in [0.1, 0.15) is 0 Å². The zero-order valence-corrected chi connectivity index (χ0v) is 19.2. The van der Waals surface area contributed by atoms with E-state index in [-0.39, 0.29) is 22.3 Å². The Hall–Kier alpha value is -1.44. The van der Waals surface area contributed by atoms with Gasteiger partial charge < -0.3 is 9.16 Å². The zero-order valence-electron chi connectivity index (χ0n) is 17.4. The maximum atomic E-state index is 12.8. The average molecular weight is 413 g/mol. The van der Waals surface area contributed by atoms with Crippen LogP contribution in [0.4, 0.5) is 0 Å². The molecule has 0 amide bonds. The molecule has 0 heterocycles. The van der Waals surface area contributed by atoms with Crippen LogP contribution >= 0.6 is 0 Å². The molecule has 152 valence electrons. The van der Waals surface area contributed by atoms with E-state index in [1.165, 1.54) is 12.2 Å². The molecule has 0 aliphatic carbocycles. The van der Waals surface area contributed by atoms with Crippen molar-refractivity contribution >= 4 is 24.1 Å². The van der Waals surface area contributed by atoms with Crippen molar-refractivity contribution in [2.45, 2.75) is 63.8 Å². The summed E-state index contributed by atoms with van der Waals surface area (Å²) in [5.74, 6) is -0.729. The molecule has 0 aromatic heterocycles.